The summed E-state index contributed by atoms with van der Waals surface area (Å²) in [5.74, 6) is 7.85. The molecule has 0 saturated heterocycles. The first-order valence-electron chi connectivity index (χ1n) is 13.3. The second-order valence-electron chi connectivity index (χ2n) is 9.04. The number of unbranched alkanes of at least 4 members (excludes halogenated alkanes) is 15. The summed E-state index contributed by atoms with van der Waals surface area (Å²) in [7, 11) is 0. The van der Waals surface area contributed by atoms with Crippen molar-refractivity contribution in [3.05, 3.63) is 0 Å². The van der Waals surface area contributed by atoms with Crippen LogP contribution in [0.15, 0.2) is 0 Å². The van der Waals surface area contributed by atoms with Crippen molar-refractivity contribution >= 4 is 0 Å². The van der Waals surface area contributed by atoms with Gasteiger partial charge in [-0.15, -0.1) is 11.8 Å². The Kier molecular flexibility index (Phi) is 24.2. The van der Waals surface area contributed by atoms with Gasteiger partial charge >= 0.3 is 0 Å². The van der Waals surface area contributed by atoms with Gasteiger partial charge in [0.15, 0.2) is 0 Å². The fourth-order valence-electron chi connectivity index (χ4n) is 4.13. The highest BCUT2D eigenvalue weighted by Crippen LogP contribution is 2.23. The van der Waals surface area contributed by atoms with E-state index in [4.69, 9.17) is 0 Å². The van der Waals surface area contributed by atoms with E-state index in [0.29, 0.717) is 0 Å². The Hall–Kier alpha value is -0.440. The molecule has 0 heterocycles. The molecule has 0 N–H and O–H groups in total. The van der Waals surface area contributed by atoms with Gasteiger partial charge in [0.1, 0.15) is 0 Å². The van der Waals surface area contributed by atoms with E-state index in [0.717, 1.165) is 18.8 Å². The molecular weight excluding hydrogens is 336 g/mol. The molecule has 0 radical (unpaired) electrons. The Bertz CT molecular complexity index is 332. The number of hydrogen-bond donors (Lipinski definition) is 0. The van der Waals surface area contributed by atoms with Crippen molar-refractivity contribution < 1.29 is 0 Å². The molecule has 0 saturated carbocycles. The zero-order valence-corrected chi connectivity index (χ0v) is 20.1. The molecule has 0 aromatic carbocycles. The monoisotopic (exact) mass is 390 g/mol. The van der Waals surface area contributed by atoms with Crippen molar-refractivity contribution in [1.82, 2.24) is 0 Å². The highest BCUT2D eigenvalue weighted by molar-refractivity contribution is 4.98. The minimum Gasteiger partial charge on any atom is -0.103 e. The van der Waals surface area contributed by atoms with E-state index >= 15 is 0 Å². The topological polar surface area (TPSA) is 0 Å². The van der Waals surface area contributed by atoms with Crippen LogP contribution in [0.25, 0.3) is 0 Å². The Morgan fingerprint density at radius 1 is 0.393 bits per heavy atom. The van der Waals surface area contributed by atoms with Gasteiger partial charge in [0.2, 0.25) is 0 Å². The summed E-state index contributed by atoms with van der Waals surface area (Å²) in [4.78, 5) is 0. The summed E-state index contributed by atoms with van der Waals surface area (Å²) in [6.45, 7) is 6.93. The predicted molar refractivity (Wildman–Crippen MR) is 130 cm³/mol. The van der Waals surface area contributed by atoms with Crippen molar-refractivity contribution in [1.29, 1.82) is 0 Å². The molecule has 0 aliphatic carbocycles. The van der Waals surface area contributed by atoms with Crippen molar-refractivity contribution in [3.63, 3.8) is 0 Å². The van der Waals surface area contributed by atoms with E-state index in [-0.39, 0.29) is 0 Å². The van der Waals surface area contributed by atoms with Crippen molar-refractivity contribution in [2.24, 2.45) is 5.92 Å². The summed E-state index contributed by atoms with van der Waals surface area (Å²) in [5.41, 5.74) is 0. The van der Waals surface area contributed by atoms with Crippen LogP contribution in [0, 0.1) is 17.8 Å². The van der Waals surface area contributed by atoms with E-state index < -0.39 is 0 Å². The van der Waals surface area contributed by atoms with E-state index in [1.165, 1.54) is 128 Å². The van der Waals surface area contributed by atoms with E-state index in [1.54, 1.807) is 0 Å². The SMILES string of the molecule is CCCCCCCCCC#CCCCCC(CCCC)CCCCCCCC. The lowest BCUT2D eigenvalue weighted by Crippen LogP contribution is -2.01. The van der Waals surface area contributed by atoms with Crippen LogP contribution < -0.4 is 0 Å². The van der Waals surface area contributed by atoms with Gasteiger partial charge in [0.25, 0.3) is 0 Å². The molecule has 28 heavy (non-hydrogen) atoms. The Labute approximate surface area is 180 Å². The van der Waals surface area contributed by atoms with Gasteiger partial charge in [0.05, 0.1) is 0 Å². The van der Waals surface area contributed by atoms with Gasteiger partial charge in [-0.2, -0.15) is 0 Å². The Morgan fingerprint density at radius 3 is 1.29 bits per heavy atom. The summed E-state index contributed by atoms with van der Waals surface area (Å²) < 4.78 is 0. The van der Waals surface area contributed by atoms with Crippen LogP contribution in [-0.2, 0) is 0 Å². The molecular formula is C28H54. The third kappa shape index (κ3) is 21.9. The molecule has 0 rings (SSSR count). The van der Waals surface area contributed by atoms with Gasteiger partial charge in [-0.1, -0.05) is 136 Å². The molecule has 0 heteroatoms. The molecule has 1 unspecified atom stereocenters. The van der Waals surface area contributed by atoms with Crippen LogP contribution in [0.5, 0.6) is 0 Å². The van der Waals surface area contributed by atoms with Crippen LogP contribution in [-0.4, -0.2) is 0 Å². The molecule has 0 aromatic heterocycles. The lowest BCUT2D eigenvalue weighted by molar-refractivity contribution is 0.374. The molecule has 0 fully saturated rings. The zero-order valence-electron chi connectivity index (χ0n) is 20.1. The molecule has 1 atom stereocenters. The molecule has 0 aliphatic heterocycles. The van der Waals surface area contributed by atoms with Crippen molar-refractivity contribution in [3.8, 4) is 11.8 Å². The molecule has 0 nitrogen and oxygen atoms in total. The van der Waals surface area contributed by atoms with Gasteiger partial charge in [-0.05, 0) is 18.8 Å². The molecule has 0 aromatic rings. The maximum absolute atomic E-state index is 3.44. The smallest absolute Gasteiger partial charge is 0.00886 e. The van der Waals surface area contributed by atoms with Gasteiger partial charge < -0.3 is 0 Å². The molecule has 166 valence electrons. The Morgan fingerprint density at radius 2 is 0.750 bits per heavy atom. The molecule has 0 spiro atoms. The first kappa shape index (κ1) is 27.6. The second-order valence-corrected chi connectivity index (χ2v) is 9.04. The molecule has 0 aliphatic rings. The van der Waals surface area contributed by atoms with E-state index in [1.807, 2.05) is 0 Å². The third-order valence-corrected chi connectivity index (χ3v) is 6.13. The van der Waals surface area contributed by atoms with Crippen LogP contribution in [0.3, 0.4) is 0 Å². The largest absolute Gasteiger partial charge is 0.103 e. The van der Waals surface area contributed by atoms with E-state index in [9.17, 15) is 0 Å². The predicted octanol–water partition coefficient (Wildman–Crippen LogP) is 10.2. The second kappa shape index (κ2) is 24.6. The zero-order chi connectivity index (χ0) is 20.5. The molecule has 0 bridgehead atoms. The quantitative estimate of drug-likeness (QED) is 0.135. The fourth-order valence-corrected chi connectivity index (χ4v) is 4.13. The first-order valence-corrected chi connectivity index (χ1v) is 13.3. The van der Waals surface area contributed by atoms with Gasteiger partial charge in [0, 0.05) is 12.8 Å². The number of rotatable bonds is 21. The fraction of sp³-hybridized carbons (Fsp3) is 0.929. The summed E-state index contributed by atoms with van der Waals surface area (Å²) >= 11 is 0. The number of hydrogen-bond acceptors (Lipinski definition) is 0. The lowest BCUT2D eigenvalue weighted by atomic mass is 9.90. The third-order valence-electron chi connectivity index (χ3n) is 6.13. The maximum Gasteiger partial charge on any atom is 0.00886 e. The van der Waals surface area contributed by atoms with Crippen LogP contribution in [0.4, 0.5) is 0 Å². The van der Waals surface area contributed by atoms with Crippen LogP contribution in [0.2, 0.25) is 0 Å². The minimum absolute atomic E-state index is 0.992. The van der Waals surface area contributed by atoms with Crippen molar-refractivity contribution in [2.45, 2.75) is 162 Å². The highest BCUT2D eigenvalue weighted by Gasteiger charge is 2.07. The average Bonchev–Trinajstić information content (AvgIpc) is 2.71. The first-order chi connectivity index (χ1) is 13.8. The Balaban J connectivity index is 3.59. The summed E-state index contributed by atoms with van der Waals surface area (Å²) in [6.07, 6.45) is 30.6. The summed E-state index contributed by atoms with van der Waals surface area (Å²) in [5, 5.41) is 0. The minimum atomic E-state index is 0.992. The lowest BCUT2D eigenvalue weighted by Gasteiger charge is -2.16. The summed E-state index contributed by atoms with van der Waals surface area (Å²) in [6, 6.07) is 0. The van der Waals surface area contributed by atoms with Crippen LogP contribution >= 0.6 is 0 Å². The standard InChI is InChI=1S/C28H54/c1-4-7-10-12-14-15-16-17-18-19-20-22-24-27-28(25-9-6-3)26-23-21-13-11-8-5-2/h28H,4-17,20-27H2,1-3H3. The normalized spacial score (nSPS) is 12.0. The average molecular weight is 391 g/mol. The van der Waals surface area contributed by atoms with Gasteiger partial charge in [-0.3, -0.25) is 0 Å². The maximum atomic E-state index is 3.44. The molecule has 0 amide bonds. The highest BCUT2D eigenvalue weighted by atomic mass is 14.1. The van der Waals surface area contributed by atoms with Gasteiger partial charge in [-0.25, -0.2) is 0 Å². The van der Waals surface area contributed by atoms with Crippen LogP contribution in [0.1, 0.15) is 162 Å². The van der Waals surface area contributed by atoms with Crippen molar-refractivity contribution in [2.75, 3.05) is 0 Å². The van der Waals surface area contributed by atoms with E-state index in [2.05, 4.69) is 32.6 Å².